The molecule has 0 saturated heterocycles. The van der Waals surface area contributed by atoms with E-state index < -0.39 is 0 Å². The van der Waals surface area contributed by atoms with E-state index in [0.717, 1.165) is 55.2 Å². The fourth-order valence-corrected chi connectivity index (χ4v) is 5.64. The molecule has 5 rings (SSSR count). The number of amides is 2. The van der Waals surface area contributed by atoms with Crippen LogP contribution >= 0.6 is 23.2 Å². The molecule has 0 aliphatic carbocycles. The number of likely N-dealkylation sites (N-methyl/N-ethyl adjacent to an activating group) is 2. The van der Waals surface area contributed by atoms with Gasteiger partial charge in [0, 0.05) is 35.6 Å². The highest BCUT2D eigenvalue weighted by Crippen LogP contribution is 2.39. The smallest absolute Gasteiger partial charge is 0.335 e. The zero-order chi connectivity index (χ0) is 31.9. The van der Waals surface area contributed by atoms with Crippen molar-refractivity contribution in [2.75, 3.05) is 62.0 Å². The Bertz CT molecular complexity index is 1610. The minimum Gasteiger partial charge on any atom is -0.492 e. The molecule has 9 nitrogen and oxygen atoms in total. The summed E-state index contributed by atoms with van der Waals surface area (Å²) in [4.78, 5) is 31.4. The Morgan fingerprint density at radius 2 is 1.76 bits per heavy atom. The molecule has 0 fully saturated rings. The number of fused-ring (bicyclic) bond motifs is 1. The van der Waals surface area contributed by atoms with Crippen LogP contribution in [0.15, 0.2) is 72.9 Å². The van der Waals surface area contributed by atoms with Gasteiger partial charge < -0.3 is 19.9 Å². The highest BCUT2D eigenvalue weighted by atomic mass is 35.5. The number of ether oxygens (including phenoxy) is 1. The van der Waals surface area contributed by atoms with Crippen LogP contribution in [-0.4, -0.2) is 72.7 Å². The molecule has 4 aromatic rings. The number of halogens is 2. The summed E-state index contributed by atoms with van der Waals surface area (Å²) in [6.07, 6.45) is 2.59. The van der Waals surface area contributed by atoms with E-state index in [0.29, 0.717) is 39.8 Å². The molecule has 1 aromatic heterocycles. The van der Waals surface area contributed by atoms with Crippen LogP contribution in [0.25, 0.3) is 0 Å². The molecule has 0 saturated carbocycles. The number of hydrogen-bond donors (Lipinski definition) is 1. The van der Waals surface area contributed by atoms with Crippen LogP contribution in [0.3, 0.4) is 0 Å². The molecule has 45 heavy (non-hydrogen) atoms. The predicted molar refractivity (Wildman–Crippen MR) is 184 cm³/mol. The largest absolute Gasteiger partial charge is 0.492 e. The van der Waals surface area contributed by atoms with Gasteiger partial charge in [-0.25, -0.2) is 14.7 Å². The third-order valence-corrected chi connectivity index (χ3v) is 8.24. The molecule has 0 spiro atoms. The average molecular weight is 649 g/mol. The summed E-state index contributed by atoms with van der Waals surface area (Å²) < 4.78 is 5.93. The Hall–Kier alpha value is -3.89. The molecule has 236 valence electrons. The quantitative estimate of drug-likeness (QED) is 0.160. The van der Waals surface area contributed by atoms with E-state index in [1.54, 1.807) is 34.2 Å². The molecule has 3 aromatic carbocycles. The van der Waals surface area contributed by atoms with Gasteiger partial charge in [0.2, 0.25) is 5.95 Å². The molecule has 1 aliphatic heterocycles. The maximum atomic E-state index is 14.2. The number of urea groups is 1. The summed E-state index contributed by atoms with van der Waals surface area (Å²) in [5.74, 6) is 1.69. The van der Waals surface area contributed by atoms with E-state index >= 15 is 0 Å². The van der Waals surface area contributed by atoms with Crippen molar-refractivity contribution in [2.45, 2.75) is 26.8 Å². The van der Waals surface area contributed by atoms with Crippen molar-refractivity contribution in [1.29, 1.82) is 0 Å². The van der Waals surface area contributed by atoms with Crippen LogP contribution in [0.4, 0.5) is 33.6 Å². The van der Waals surface area contributed by atoms with Gasteiger partial charge in [-0.05, 0) is 93.8 Å². The second-order valence-electron chi connectivity index (χ2n) is 11.1. The summed E-state index contributed by atoms with van der Waals surface area (Å²) in [7, 11) is 4.09. The van der Waals surface area contributed by atoms with Gasteiger partial charge in [-0.2, -0.15) is 4.98 Å². The van der Waals surface area contributed by atoms with Crippen molar-refractivity contribution >= 4 is 58.1 Å². The number of nitrogens with zero attached hydrogens (tertiary/aromatic N) is 6. The molecular weight excluding hydrogens is 609 g/mol. The van der Waals surface area contributed by atoms with Crippen molar-refractivity contribution in [3.63, 3.8) is 0 Å². The molecule has 11 heteroatoms. The molecule has 1 N–H and O–H groups in total. The highest BCUT2D eigenvalue weighted by molar-refractivity contribution is 6.37. The van der Waals surface area contributed by atoms with Crippen molar-refractivity contribution < 1.29 is 9.53 Å². The zero-order valence-corrected chi connectivity index (χ0v) is 27.6. The Balaban J connectivity index is 1.43. The first-order valence-corrected chi connectivity index (χ1v) is 15.9. The molecule has 2 amide bonds. The van der Waals surface area contributed by atoms with Crippen LogP contribution in [-0.2, 0) is 13.0 Å². The van der Waals surface area contributed by atoms with Gasteiger partial charge in [-0.15, -0.1) is 0 Å². The second kappa shape index (κ2) is 14.9. The Morgan fingerprint density at radius 3 is 2.47 bits per heavy atom. The Morgan fingerprint density at radius 1 is 0.978 bits per heavy atom. The number of carbonyl (C=O) groups is 1. The number of rotatable bonds is 13. The summed E-state index contributed by atoms with van der Waals surface area (Å²) in [5.41, 5.74) is 3.97. The summed E-state index contributed by atoms with van der Waals surface area (Å²) in [5, 5.41) is 4.17. The molecule has 2 heterocycles. The third-order valence-electron chi connectivity index (χ3n) is 7.70. The van der Waals surface area contributed by atoms with Gasteiger partial charge in [0.1, 0.15) is 12.4 Å². The first-order valence-electron chi connectivity index (χ1n) is 15.1. The number of anilines is 5. The number of benzene rings is 3. The van der Waals surface area contributed by atoms with Crippen molar-refractivity contribution in [1.82, 2.24) is 19.8 Å². The van der Waals surface area contributed by atoms with Crippen LogP contribution in [0.5, 0.6) is 5.75 Å². The normalized spacial score (nSPS) is 13.0. The van der Waals surface area contributed by atoms with Crippen molar-refractivity contribution in [3.05, 3.63) is 94.1 Å². The Kier molecular flexibility index (Phi) is 10.8. The molecule has 0 unspecified atom stereocenters. The first-order chi connectivity index (χ1) is 21.7. The molecule has 0 atom stereocenters. The lowest BCUT2D eigenvalue weighted by Crippen LogP contribution is -2.45. The number of aromatic nitrogens is 2. The maximum Gasteiger partial charge on any atom is 0.335 e. The van der Waals surface area contributed by atoms with Crippen molar-refractivity contribution in [2.24, 2.45) is 0 Å². The van der Waals surface area contributed by atoms with Gasteiger partial charge in [-0.3, -0.25) is 4.90 Å². The molecule has 1 aliphatic rings. The monoisotopic (exact) mass is 647 g/mol. The lowest BCUT2D eigenvalue weighted by Gasteiger charge is -2.36. The average Bonchev–Trinajstić information content (AvgIpc) is 3.03. The van der Waals surface area contributed by atoms with Gasteiger partial charge >= 0.3 is 6.03 Å². The number of hydrogen-bond acceptors (Lipinski definition) is 7. The topological polar surface area (TPSA) is 77.1 Å². The van der Waals surface area contributed by atoms with Crippen LogP contribution in [0, 0.1) is 0 Å². The Labute approximate surface area is 275 Å². The maximum absolute atomic E-state index is 14.2. The number of nitrogens with one attached hydrogen (secondary N) is 1. The van der Waals surface area contributed by atoms with E-state index in [1.165, 1.54) is 0 Å². The number of carbonyl (C=O) groups excluding carboxylic acids is 1. The zero-order valence-electron chi connectivity index (χ0n) is 26.1. The van der Waals surface area contributed by atoms with Crippen LogP contribution in [0.1, 0.15) is 25.0 Å². The van der Waals surface area contributed by atoms with E-state index in [-0.39, 0.29) is 12.6 Å². The van der Waals surface area contributed by atoms with E-state index in [1.807, 2.05) is 56.6 Å². The van der Waals surface area contributed by atoms with Crippen LogP contribution in [0.2, 0.25) is 10.0 Å². The summed E-state index contributed by atoms with van der Waals surface area (Å²) in [6, 6.07) is 20.5. The van der Waals surface area contributed by atoms with Crippen LogP contribution < -0.4 is 19.9 Å². The SMILES string of the molecule is CCN(CC)CCOc1ccc(Nc2ncc3c(n2)N(c2cccc(CCN(C)C)c2)C(=O)N(c2ccc(Cl)cc2Cl)C3)cc1. The minimum atomic E-state index is -0.271. The van der Waals surface area contributed by atoms with Gasteiger partial charge in [0.25, 0.3) is 0 Å². The fourth-order valence-electron chi connectivity index (χ4n) is 5.13. The van der Waals surface area contributed by atoms with Gasteiger partial charge in [-0.1, -0.05) is 49.2 Å². The van der Waals surface area contributed by atoms with E-state index in [9.17, 15) is 4.79 Å². The molecular formula is C34H39Cl2N7O2. The highest BCUT2D eigenvalue weighted by Gasteiger charge is 2.35. The predicted octanol–water partition coefficient (Wildman–Crippen LogP) is 7.63. The summed E-state index contributed by atoms with van der Waals surface area (Å²) in [6.45, 7) is 8.95. The first kappa shape index (κ1) is 32.5. The second-order valence-corrected chi connectivity index (χ2v) is 11.9. The van der Waals surface area contributed by atoms with Gasteiger partial charge in [0.15, 0.2) is 5.82 Å². The van der Waals surface area contributed by atoms with E-state index in [2.05, 4.69) is 40.0 Å². The van der Waals surface area contributed by atoms with Crippen molar-refractivity contribution in [3.8, 4) is 5.75 Å². The molecule has 0 radical (unpaired) electrons. The lowest BCUT2D eigenvalue weighted by atomic mass is 10.1. The van der Waals surface area contributed by atoms with E-state index in [4.69, 9.17) is 32.9 Å². The summed E-state index contributed by atoms with van der Waals surface area (Å²) >= 11 is 12.7. The fraction of sp³-hybridized carbons (Fsp3) is 0.324. The minimum absolute atomic E-state index is 0.256. The lowest BCUT2D eigenvalue weighted by molar-refractivity contribution is 0.223. The van der Waals surface area contributed by atoms with Gasteiger partial charge in [0.05, 0.1) is 22.9 Å². The molecule has 0 bridgehead atoms. The standard InChI is InChI=1S/C34H39Cl2N7O2/c1-5-41(6-2)18-19-45-29-13-11-27(12-14-29)38-33-37-22-25-23-42(31-15-10-26(35)21-30(31)36)34(44)43(32(25)39-33)28-9-7-8-24(20-28)16-17-40(3)4/h7-15,20-22H,5-6,16-19,23H2,1-4H3,(H,37,38,39). The third kappa shape index (κ3) is 8.04.